The lowest BCUT2D eigenvalue weighted by Crippen LogP contribution is -2.30. The van der Waals surface area contributed by atoms with Gasteiger partial charge in [0.2, 0.25) is 0 Å². The largest absolute Gasteiger partial charge is 0.359 e. The van der Waals surface area contributed by atoms with Crippen LogP contribution < -0.4 is 10.2 Å². The molecule has 102 valence electrons. The summed E-state index contributed by atoms with van der Waals surface area (Å²) < 4.78 is 0. The van der Waals surface area contributed by atoms with Crippen molar-refractivity contribution in [1.29, 1.82) is 0 Å². The van der Waals surface area contributed by atoms with Crippen LogP contribution in [0.3, 0.4) is 0 Å². The van der Waals surface area contributed by atoms with E-state index in [4.69, 9.17) is 0 Å². The molecule has 0 atom stereocenters. The maximum absolute atomic E-state index is 4.62. The summed E-state index contributed by atoms with van der Waals surface area (Å²) in [6.07, 6.45) is 0. The van der Waals surface area contributed by atoms with Crippen LogP contribution >= 0.6 is 0 Å². The molecule has 3 heteroatoms. The Kier molecular flexibility index (Phi) is 5.15. The standard InChI is InChI=1S/C15H27N3/c1-7-16-10-13-8-12(2)17-14(9-13)18(6)11-15(3,4)5/h8-9,16H,7,10-11H2,1-6H3. The fourth-order valence-electron chi connectivity index (χ4n) is 2.08. The van der Waals surface area contributed by atoms with Crippen LogP contribution in [0, 0.1) is 12.3 Å². The van der Waals surface area contributed by atoms with Crippen LogP contribution in [0.5, 0.6) is 0 Å². The van der Waals surface area contributed by atoms with Crippen LogP contribution in [0.15, 0.2) is 12.1 Å². The Balaban J connectivity index is 2.84. The number of aromatic nitrogens is 1. The van der Waals surface area contributed by atoms with E-state index in [2.05, 4.69) is 69.0 Å². The summed E-state index contributed by atoms with van der Waals surface area (Å²) in [5.74, 6) is 1.07. The number of anilines is 1. The van der Waals surface area contributed by atoms with E-state index < -0.39 is 0 Å². The summed E-state index contributed by atoms with van der Waals surface area (Å²) in [5.41, 5.74) is 2.67. The van der Waals surface area contributed by atoms with Crippen molar-refractivity contribution in [3.63, 3.8) is 0 Å². The first-order chi connectivity index (χ1) is 8.31. The minimum Gasteiger partial charge on any atom is -0.359 e. The third-order valence-electron chi connectivity index (χ3n) is 2.68. The van der Waals surface area contributed by atoms with Crippen LogP contribution in [0.2, 0.25) is 0 Å². The van der Waals surface area contributed by atoms with Crippen LogP contribution in [0.1, 0.15) is 39.0 Å². The van der Waals surface area contributed by atoms with Gasteiger partial charge in [-0.1, -0.05) is 27.7 Å². The zero-order valence-electron chi connectivity index (χ0n) is 12.7. The first kappa shape index (κ1) is 15.0. The quantitative estimate of drug-likeness (QED) is 0.869. The summed E-state index contributed by atoms with van der Waals surface area (Å²) in [6.45, 7) is 13.8. The Morgan fingerprint density at radius 3 is 2.50 bits per heavy atom. The van der Waals surface area contributed by atoms with Crippen molar-refractivity contribution < 1.29 is 0 Å². The molecule has 0 spiro atoms. The van der Waals surface area contributed by atoms with Crippen LogP contribution in [-0.2, 0) is 6.54 Å². The molecule has 0 fully saturated rings. The van der Waals surface area contributed by atoms with Gasteiger partial charge in [0.25, 0.3) is 0 Å². The zero-order valence-corrected chi connectivity index (χ0v) is 12.7. The van der Waals surface area contributed by atoms with E-state index in [9.17, 15) is 0 Å². The Morgan fingerprint density at radius 2 is 1.94 bits per heavy atom. The Morgan fingerprint density at radius 1 is 1.28 bits per heavy atom. The first-order valence-electron chi connectivity index (χ1n) is 6.71. The van der Waals surface area contributed by atoms with Crippen LogP contribution in [0.4, 0.5) is 5.82 Å². The molecule has 1 rings (SSSR count). The predicted molar refractivity (Wildman–Crippen MR) is 79.1 cm³/mol. The molecule has 0 aliphatic rings. The fraction of sp³-hybridized carbons (Fsp3) is 0.667. The molecule has 3 nitrogen and oxygen atoms in total. The van der Waals surface area contributed by atoms with E-state index in [0.29, 0.717) is 0 Å². The second-order valence-corrected chi connectivity index (χ2v) is 6.17. The van der Waals surface area contributed by atoms with Gasteiger partial charge in [-0.25, -0.2) is 4.98 Å². The van der Waals surface area contributed by atoms with E-state index in [1.807, 2.05) is 0 Å². The number of nitrogens with zero attached hydrogens (tertiary/aromatic N) is 2. The lowest BCUT2D eigenvalue weighted by molar-refractivity contribution is 0.417. The molecule has 1 N–H and O–H groups in total. The van der Waals surface area contributed by atoms with E-state index in [-0.39, 0.29) is 5.41 Å². The van der Waals surface area contributed by atoms with E-state index >= 15 is 0 Å². The van der Waals surface area contributed by atoms with Gasteiger partial charge in [-0.3, -0.25) is 0 Å². The molecule has 18 heavy (non-hydrogen) atoms. The van der Waals surface area contributed by atoms with Crippen molar-refractivity contribution in [2.24, 2.45) is 5.41 Å². The Bertz CT molecular complexity index is 380. The molecule has 1 aromatic rings. The second kappa shape index (κ2) is 6.19. The Hall–Kier alpha value is -1.09. The summed E-state index contributed by atoms with van der Waals surface area (Å²) in [7, 11) is 2.12. The molecule has 1 aromatic heterocycles. The van der Waals surface area contributed by atoms with E-state index in [1.54, 1.807) is 0 Å². The van der Waals surface area contributed by atoms with Gasteiger partial charge in [0, 0.05) is 25.8 Å². The van der Waals surface area contributed by atoms with Gasteiger partial charge in [-0.05, 0) is 36.6 Å². The lowest BCUT2D eigenvalue weighted by atomic mass is 9.96. The highest BCUT2D eigenvalue weighted by Crippen LogP contribution is 2.20. The topological polar surface area (TPSA) is 28.2 Å². The maximum atomic E-state index is 4.62. The predicted octanol–water partition coefficient (Wildman–Crippen LogP) is 2.98. The normalized spacial score (nSPS) is 11.7. The van der Waals surface area contributed by atoms with Crippen LogP contribution in [0.25, 0.3) is 0 Å². The molecular weight excluding hydrogens is 222 g/mol. The van der Waals surface area contributed by atoms with Crippen molar-refractivity contribution in [2.45, 2.75) is 41.2 Å². The van der Waals surface area contributed by atoms with Crippen molar-refractivity contribution in [1.82, 2.24) is 10.3 Å². The molecule has 0 bridgehead atoms. The number of aryl methyl sites for hydroxylation is 1. The van der Waals surface area contributed by atoms with E-state index in [1.165, 1.54) is 5.56 Å². The van der Waals surface area contributed by atoms with Gasteiger partial charge in [-0.2, -0.15) is 0 Å². The number of hydrogen-bond acceptors (Lipinski definition) is 3. The third-order valence-corrected chi connectivity index (χ3v) is 2.68. The zero-order chi connectivity index (χ0) is 13.8. The van der Waals surface area contributed by atoms with Gasteiger partial charge in [-0.15, -0.1) is 0 Å². The van der Waals surface area contributed by atoms with Gasteiger partial charge in [0.05, 0.1) is 0 Å². The first-order valence-corrected chi connectivity index (χ1v) is 6.71. The average molecular weight is 249 g/mol. The number of rotatable bonds is 5. The molecule has 0 amide bonds. The third kappa shape index (κ3) is 5.05. The molecule has 0 aromatic carbocycles. The highest BCUT2D eigenvalue weighted by atomic mass is 15.2. The molecule has 0 saturated carbocycles. The van der Waals surface area contributed by atoms with Crippen molar-refractivity contribution in [3.05, 3.63) is 23.4 Å². The fourth-order valence-corrected chi connectivity index (χ4v) is 2.08. The SMILES string of the molecule is CCNCc1cc(C)nc(N(C)CC(C)(C)C)c1. The maximum Gasteiger partial charge on any atom is 0.128 e. The van der Waals surface area contributed by atoms with E-state index in [0.717, 1.165) is 31.1 Å². The van der Waals surface area contributed by atoms with Crippen molar-refractivity contribution in [2.75, 3.05) is 25.0 Å². The highest BCUT2D eigenvalue weighted by molar-refractivity contribution is 5.42. The summed E-state index contributed by atoms with van der Waals surface area (Å²) in [6, 6.07) is 4.33. The summed E-state index contributed by atoms with van der Waals surface area (Å²) >= 11 is 0. The molecular formula is C15H27N3. The monoisotopic (exact) mass is 249 g/mol. The highest BCUT2D eigenvalue weighted by Gasteiger charge is 2.15. The van der Waals surface area contributed by atoms with Gasteiger partial charge < -0.3 is 10.2 Å². The Labute approximate surface area is 112 Å². The summed E-state index contributed by atoms with van der Waals surface area (Å²) in [5, 5.41) is 3.36. The smallest absolute Gasteiger partial charge is 0.128 e. The van der Waals surface area contributed by atoms with Gasteiger partial charge in [0.15, 0.2) is 0 Å². The van der Waals surface area contributed by atoms with Crippen molar-refractivity contribution >= 4 is 5.82 Å². The van der Waals surface area contributed by atoms with Crippen LogP contribution in [-0.4, -0.2) is 25.1 Å². The minimum absolute atomic E-state index is 0.280. The number of hydrogen-bond donors (Lipinski definition) is 1. The molecule has 0 radical (unpaired) electrons. The molecule has 0 unspecified atom stereocenters. The average Bonchev–Trinajstić information content (AvgIpc) is 2.23. The lowest BCUT2D eigenvalue weighted by Gasteiger charge is -2.28. The minimum atomic E-state index is 0.280. The molecule has 0 aliphatic carbocycles. The van der Waals surface area contributed by atoms with Crippen molar-refractivity contribution in [3.8, 4) is 0 Å². The molecule has 1 heterocycles. The van der Waals surface area contributed by atoms with Gasteiger partial charge >= 0.3 is 0 Å². The molecule has 0 aliphatic heterocycles. The number of nitrogens with one attached hydrogen (secondary N) is 1. The summed E-state index contributed by atoms with van der Waals surface area (Å²) in [4.78, 5) is 6.86. The van der Waals surface area contributed by atoms with Gasteiger partial charge in [0.1, 0.15) is 5.82 Å². The molecule has 0 saturated heterocycles. The number of pyridine rings is 1. The second-order valence-electron chi connectivity index (χ2n) is 6.17.